The van der Waals surface area contributed by atoms with E-state index in [1.165, 1.54) is 5.56 Å². The molecule has 0 radical (unpaired) electrons. The molecule has 4 heteroatoms. The van der Waals surface area contributed by atoms with Gasteiger partial charge >= 0.3 is 0 Å². The second-order valence-electron chi connectivity index (χ2n) is 7.36. The molecule has 0 spiro atoms. The van der Waals surface area contributed by atoms with E-state index in [9.17, 15) is 0 Å². The number of rotatable bonds is 8. The van der Waals surface area contributed by atoms with Crippen LogP contribution in [0.25, 0.3) is 0 Å². The van der Waals surface area contributed by atoms with Gasteiger partial charge in [-0.2, -0.15) is 0 Å². The summed E-state index contributed by atoms with van der Waals surface area (Å²) in [5.41, 5.74) is 1.20. The van der Waals surface area contributed by atoms with Crippen molar-refractivity contribution >= 4 is 8.32 Å². The Morgan fingerprint density at radius 1 is 1.09 bits per heavy atom. The Bertz CT molecular complexity index is 435. The van der Waals surface area contributed by atoms with Gasteiger partial charge in [-0.25, -0.2) is 0 Å². The van der Waals surface area contributed by atoms with Gasteiger partial charge in [0.25, 0.3) is 0 Å². The molecule has 0 saturated heterocycles. The molecule has 3 nitrogen and oxygen atoms in total. The summed E-state index contributed by atoms with van der Waals surface area (Å²) in [6.45, 7) is 11.6. The molecule has 0 heterocycles. The van der Waals surface area contributed by atoms with Crippen molar-refractivity contribution in [3.05, 3.63) is 29.8 Å². The van der Waals surface area contributed by atoms with Crippen LogP contribution < -0.4 is 4.74 Å². The maximum atomic E-state index is 9.03. The summed E-state index contributed by atoms with van der Waals surface area (Å²) in [4.78, 5) is 0. The molecule has 0 aliphatic heterocycles. The van der Waals surface area contributed by atoms with Gasteiger partial charge in [0, 0.05) is 6.61 Å². The van der Waals surface area contributed by atoms with E-state index >= 15 is 0 Å². The molecule has 1 N–H and O–H groups in total. The van der Waals surface area contributed by atoms with E-state index in [0.717, 1.165) is 25.0 Å². The summed E-state index contributed by atoms with van der Waals surface area (Å²) < 4.78 is 11.9. The molecule has 1 aromatic rings. The number of unbranched alkanes of at least 4 members (excludes halogenated alkanes) is 1. The zero-order valence-electron chi connectivity index (χ0n) is 15.0. The average Bonchev–Trinajstić information content (AvgIpc) is 2.45. The lowest BCUT2D eigenvalue weighted by atomic mass is 10.0. The van der Waals surface area contributed by atoms with Crippen LogP contribution >= 0.6 is 0 Å². The summed E-state index contributed by atoms with van der Waals surface area (Å²) in [5.74, 6) is 0.866. The van der Waals surface area contributed by atoms with Gasteiger partial charge in [0.1, 0.15) is 5.75 Å². The molecule has 0 amide bonds. The molecular weight excluding hydrogens is 292 g/mol. The molecule has 1 rings (SSSR count). The first-order valence-corrected chi connectivity index (χ1v) is 11.0. The van der Waals surface area contributed by atoms with Crippen LogP contribution in [0.5, 0.6) is 5.75 Å². The first-order chi connectivity index (χ1) is 10.2. The molecular formula is C18H32O3Si. The van der Waals surface area contributed by atoms with Crippen molar-refractivity contribution in [2.24, 2.45) is 0 Å². The number of benzene rings is 1. The Morgan fingerprint density at radius 2 is 1.68 bits per heavy atom. The van der Waals surface area contributed by atoms with Crippen LogP contribution in [0.15, 0.2) is 24.3 Å². The molecule has 1 aromatic carbocycles. The van der Waals surface area contributed by atoms with Gasteiger partial charge in [0.15, 0.2) is 8.32 Å². The van der Waals surface area contributed by atoms with Gasteiger partial charge < -0.3 is 14.3 Å². The molecule has 0 aliphatic rings. The largest absolute Gasteiger partial charge is 0.497 e. The third kappa shape index (κ3) is 5.41. The first kappa shape index (κ1) is 19.2. The van der Waals surface area contributed by atoms with E-state index in [2.05, 4.69) is 46.0 Å². The molecule has 1 atom stereocenters. The smallest absolute Gasteiger partial charge is 0.192 e. The molecule has 0 fully saturated rings. The van der Waals surface area contributed by atoms with Crippen molar-refractivity contribution in [2.45, 2.75) is 64.3 Å². The predicted molar refractivity (Wildman–Crippen MR) is 95.0 cm³/mol. The van der Waals surface area contributed by atoms with Crippen LogP contribution in [-0.2, 0) is 4.43 Å². The summed E-state index contributed by atoms with van der Waals surface area (Å²) in [5, 5.41) is 9.22. The van der Waals surface area contributed by atoms with Crippen molar-refractivity contribution in [2.75, 3.05) is 13.7 Å². The molecule has 126 valence electrons. The van der Waals surface area contributed by atoms with E-state index in [0.29, 0.717) is 0 Å². The lowest BCUT2D eigenvalue weighted by Gasteiger charge is -2.39. The van der Waals surface area contributed by atoms with Crippen LogP contribution in [0.3, 0.4) is 0 Å². The van der Waals surface area contributed by atoms with E-state index < -0.39 is 8.32 Å². The third-order valence-corrected chi connectivity index (χ3v) is 9.09. The SMILES string of the molecule is COc1ccc([C@H](CCCCO)O[Si](C)(C)C(C)(C)C)cc1. The molecule has 0 aliphatic carbocycles. The minimum Gasteiger partial charge on any atom is -0.497 e. The summed E-state index contributed by atoms with van der Waals surface area (Å²) >= 11 is 0. The Balaban J connectivity index is 2.91. The number of methoxy groups -OCH3 is 1. The third-order valence-electron chi connectivity index (χ3n) is 4.61. The normalized spacial score (nSPS) is 14.0. The molecule has 0 aromatic heterocycles. The zero-order valence-corrected chi connectivity index (χ0v) is 16.0. The van der Waals surface area contributed by atoms with E-state index in [1.54, 1.807) is 7.11 Å². The fraction of sp³-hybridized carbons (Fsp3) is 0.667. The van der Waals surface area contributed by atoms with Crippen LogP contribution in [0.4, 0.5) is 0 Å². The molecule has 0 bridgehead atoms. The number of hydrogen-bond donors (Lipinski definition) is 1. The number of hydrogen-bond acceptors (Lipinski definition) is 3. The van der Waals surface area contributed by atoms with Crippen LogP contribution in [0.2, 0.25) is 18.1 Å². The second-order valence-corrected chi connectivity index (χ2v) is 12.1. The standard InChI is InChI=1S/C18H32O3Si/c1-18(2,3)22(5,6)21-17(9-7-8-14-19)15-10-12-16(20-4)13-11-15/h10-13,17,19H,7-9,14H2,1-6H3/t17-/m0/s1. The Hall–Kier alpha value is -0.843. The molecule has 0 unspecified atom stereocenters. The fourth-order valence-corrected chi connectivity index (χ4v) is 3.40. The maximum absolute atomic E-state index is 9.03. The minimum atomic E-state index is -1.83. The first-order valence-electron chi connectivity index (χ1n) is 8.14. The van der Waals surface area contributed by atoms with Crippen LogP contribution in [0, 0.1) is 0 Å². The summed E-state index contributed by atoms with van der Waals surface area (Å²) in [7, 11) is -0.146. The van der Waals surface area contributed by atoms with Gasteiger partial charge in [0.05, 0.1) is 13.2 Å². The summed E-state index contributed by atoms with van der Waals surface area (Å²) in [6.07, 6.45) is 2.84. The number of ether oxygens (including phenoxy) is 1. The Kier molecular flexibility index (Phi) is 7.10. The van der Waals surface area contributed by atoms with Crippen molar-refractivity contribution in [1.82, 2.24) is 0 Å². The van der Waals surface area contributed by atoms with Crippen molar-refractivity contribution in [3.8, 4) is 5.75 Å². The number of aliphatic hydroxyl groups is 1. The molecule has 0 saturated carbocycles. The van der Waals surface area contributed by atoms with Crippen molar-refractivity contribution in [1.29, 1.82) is 0 Å². The maximum Gasteiger partial charge on any atom is 0.192 e. The topological polar surface area (TPSA) is 38.7 Å². The number of aliphatic hydroxyl groups excluding tert-OH is 1. The van der Waals surface area contributed by atoms with Crippen molar-refractivity contribution in [3.63, 3.8) is 0 Å². The van der Waals surface area contributed by atoms with E-state index in [4.69, 9.17) is 14.3 Å². The zero-order chi connectivity index (χ0) is 16.8. The van der Waals surface area contributed by atoms with E-state index in [-0.39, 0.29) is 17.7 Å². The highest BCUT2D eigenvalue weighted by atomic mass is 28.4. The van der Waals surface area contributed by atoms with E-state index in [1.807, 2.05) is 12.1 Å². The van der Waals surface area contributed by atoms with Crippen LogP contribution in [-0.4, -0.2) is 27.1 Å². The second kappa shape index (κ2) is 8.13. The quantitative estimate of drug-likeness (QED) is 0.545. The Labute approximate surface area is 136 Å². The lowest BCUT2D eigenvalue weighted by molar-refractivity contribution is 0.165. The van der Waals surface area contributed by atoms with Gasteiger partial charge in [0.2, 0.25) is 0 Å². The van der Waals surface area contributed by atoms with Gasteiger partial charge in [-0.05, 0) is 55.1 Å². The fourth-order valence-electron chi connectivity index (χ4n) is 2.09. The van der Waals surface area contributed by atoms with Gasteiger partial charge in [-0.15, -0.1) is 0 Å². The van der Waals surface area contributed by atoms with Crippen molar-refractivity contribution < 1.29 is 14.3 Å². The Morgan fingerprint density at radius 3 is 2.14 bits per heavy atom. The molecule has 22 heavy (non-hydrogen) atoms. The monoisotopic (exact) mass is 324 g/mol. The highest BCUT2D eigenvalue weighted by Gasteiger charge is 2.39. The minimum absolute atomic E-state index is 0.0957. The summed E-state index contributed by atoms with van der Waals surface area (Å²) in [6, 6.07) is 8.16. The van der Waals surface area contributed by atoms with Crippen LogP contribution in [0.1, 0.15) is 51.7 Å². The predicted octanol–water partition coefficient (Wildman–Crippen LogP) is 4.92. The van der Waals surface area contributed by atoms with Gasteiger partial charge in [-0.1, -0.05) is 32.9 Å². The van der Waals surface area contributed by atoms with Gasteiger partial charge in [-0.3, -0.25) is 0 Å². The average molecular weight is 325 g/mol. The lowest BCUT2D eigenvalue weighted by Crippen LogP contribution is -2.41. The highest BCUT2D eigenvalue weighted by molar-refractivity contribution is 6.74. The highest BCUT2D eigenvalue weighted by Crippen LogP contribution is 2.41.